The number of benzene rings is 2. The Labute approximate surface area is 136 Å². The van der Waals surface area contributed by atoms with Crippen LogP contribution >= 0.6 is 0 Å². The summed E-state index contributed by atoms with van der Waals surface area (Å²) in [6.07, 6.45) is 5.32. The smallest absolute Gasteiger partial charge is 0.303 e. The number of carboxylic acid groups (broad SMARTS) is 1. The molecule has 1 N–H and O–H groups in total. The monoisotopic (exact) mass is 310 g/mol. The van der Waals surface area contributed by atoms with Crippen LogP contribution in [-0.2, 0) is 30.7 Å². The predicted molar refractivity (Wildman–Crippen MR) is 89.8 cm³/mol. The molecule has 120 valence electrons. The van der Waals surface area contributed by atoms with Gasteiger partial charge >= 0.3 is 5.97 Å². The maximum absolute atomic E-state index is 10.5. The minimum atomic E-state index is -0.732. The van der Waals surface area contributed by atoms with Gasteiger partial charge in [0.1, 0.15) is 12.4 Å². The molecule has 0 fully saturated rings. The second kappa shape index (κ2) is 7.32. The van der Waals surface area contributed by atoms with Gasteiger partial charge in [0.25, 0.3) is 0 Å². The first-order valence-corrected chi connectivity index (χ1v) is 8.25. The van der Waals surface area contributed by atoms with Crippen molar-refractivity contribution in [3.8, 4) is 5.75 Å². The highest BCUT2D eigenvalue weighted by molar-refractivity contribution is 5.66. The van der Waals surface area contributed by atoms with Crippen molar-refractivity contribution < 1.29 is 14.6 Å². The van der Waals surface area contributed by atoms with Crippen LogP contribution in [0.25, 0.3) is 0 Å². The number of carboxylic acids is 1. The third-order valence-electron chi connectivity index (χ3n) is 4.35. The van der Waals surface area contributed by atoms with Crippen LogP contribution < -0.4 is 4.74 Å². The van der Waals surface area contributed by atoms with Gasteiger partial charge in [-0.05, 0) is 66.5 Å². The van der Waals surface area contributed by atoms with Crippen LogP contribution in [0.1, 0.15) is 41.5 Å². The predicted octanol–water partition coefficient (Wildman–Crippen LogP) is 4.16. The van der Waals surface area contributed by atoms with Gasteiger partial charge in [-0.15, -0.1) is 0 Å². The van der Waals surface area contributed by atoms with Crippen molar-refractivity contribution in [2.24, 2.45) is 0 Å². The molecule has 0 aromatic heterocycles. The molecule has 0 atom stereocenters. The minimum absolute atomic E-state index is 0.225. The Morgan fingerprint density at radius 2 is 1.74 bits per heavy atom. The van der Waals surface area contributed by atoms with Crippen LogP contribution in [0.5, 0.6) is 5.75 Å². The number of hydrogen-bond acceptors (Lipinski definition) is 2. The molecular formula is C20H22O3. The van der Waals surface area contributed by atoms with Crippen LogP contribution in [0.4, 0.5) is 0 Å². The highest BCUT2D eigenvalue weighted by atomic mass is 16.5. The second-order valence-electron chi connectivity index (χ2n) is 6.14. The van der Waals surface area contributed by atoms with Crippen molar-refractivity contribution in [3.05, 3.63) is 64.7 Å². The molecule has 3 rings (SSSR count). The first-order chi connectivity index (χ1) is 11.2. The number of aliphatic carboxylic acids is 1. The summed E-state index contributed by atoms with van der Waals surface area (Å²) in [5.41, 5.74) is 5.19. The van der Waals surface area contributed by atoms with E-state index >= 15 is 0 Å². The second-order valence-corrected chi connectivity index (χ2v) is 6.14. The summed E-state index contributed by atoms with van der Waals surface area (Å²) in [4.78, 5) is 10.5. The fourth-order valence-electron chi connectivity index (χ4n) is 3.05. The molecule has 23 heavy (non-hydrogen) atoms. The van der Waals surface area contributed by atoms with E-state index in [1.165, 1.54) is 29.5 Å². The van der Waals surface area contributed by atoms with Crippen molar-refractivity contribution in [1.82, 2.24) is 0 Å². The van der Waals surface area contributed by atoms with Gasteiger partial charge in [0, 0.05) is 6.42 Å². The molecule has 3 heteroatoms. The quantitative estimate of drug-likeness (QED) is 0.835. The Morgan fingerprint density at radius 3 is 2.52 bits per heavy atom. The van der Waals surface area contributed by atoms with E-state index in [0.29, 0.717) is 13.0 Å². The average molecular weight is 310 g/mol. The van der Waals surface area contributed by atoms with E-state index in [-0.39, 0.29) is 6.42 Å². The van der Waals surface area contributed by atoms with Gasteiger partial charge in [-0.2, -0.15) is 0 Å². The normalized spacial score (nSPS) is 12.9. The molecular weight excluding hydrogens is 288 g/mol. The fraction of sp³-hybridized carbons (Fsp3) is 0.350. The Kier molecular flexibility index (Phi) is 4.96. The van der Waals surface area contributed by atoms with Crippen molar-refractivity contribution in [2.75, 3.05) is 0 Å². The van der Waals surface area contributed by atoms with E-state index < -0.39 is 5.97 Å². The summed E-state index contributed by atoms with van der Waals surface area (Å²) in [6, 6.07) is 14.6. The van der Waals surface area contributed by atoms with E-state index in [1.54, 1.807) is 0 Å². The fourth-order valence-corrected chi connectivity index (χ4v) is 3.05. The summed E-state index contributed by atoms with van der Waals surface area (Å²) in [7, 11) is 0. The summed E-state index contributed by atoms with van der Waals surface area (Å²) in [6.45, 7) is 0.564. The Hall–Kier alpha value is -2.29. The molecule has 1 aliphatic rings. The topological polar surface area (TPSA) is 46.5 Å². The number of aryl methyl sites for hydroxylation is 3. The molecule has 0 amide bonds. The third-order valence-corrected chi connectivity index (χ3v) is 4.35. The van der Waals surface area contributed by atoms with Crippen LogP contribution in [0.2, 0.25) is 0 Å². The van der Waals surface area contributed by atoms with Gasteiger partial charge in [-0.25, -0.2) is 0 Å². The SMILES string of the molecule is O=C(O)CCCc1ccc(COc2ccc3c(c2)CCC3)cc1. The Morgan fingerprint density at radius 1 is 1.00 bits per heavy atom. The molecule has 0 saturated heterocycles. The molecule has 0 spiro atoms. The first kappa shape index (κ1) is 15.6. The van der Waals surface area contributed by atoms with Gasteiger partial charge in [0.15, 0.2) is 0 Å². The Balaban J connectivity index is 1.51. The first-order valence-electron chi connectivity index (χ1n) is 8.25. The van der Waals surface area contributed by atoms with Gasteiger partial charge in [-0.1, -0.05) is 30.3 Å². The lowest BCUT2D eigenvalue weighted by molar-refractivity contribution is -0.137. The molecule has 0 bridgehead atoms. The van der Waals surface area contributed by atoms with Gasteiger partial charge in [-0.3, -0.25) is 4.79 Å². The summed E-state index contributed by atoms with van der Waals surface area (Å²) in [5, 5.41) is 8.66. The molecule has 0 aliphatic heterocycles. The summed E-state index contributed by atoms with van der Waals surface area (Å²) in [5.74, 6) is 0.209. The van der Waals surface area contributed by atoms with Gasteiger partial charge in [0.2, 0.25) is 0 Å². The van der Waals surface area contributed by atoms with Crippen molar-refractivity contribution in [1.29, 1.82) is 0 Å². The van der Waals surface area contributed by atoms with Crippen LogP contribution in [0.15, 0.2) is 42.5 Å². The van der Waals surface area contributed by atoms with E-state index in [1.807, 2.05) is 0 Å². The molecule has 0 saturated carbocycles. The maximum atomic E-state index is 10.5. The summed E-state index contributed by atoms with van der Waals surface area (Å²) >= 11 is 0. The zero-order valence-electron chi connectivity index (χ0n) is 13.3. The van der Waals surface area contributed by atoms with E-state index in [0.717, 1.165) is 24.2 Å². The van der Waals surface area contributed by atoms with Crippen LogP contribution in [0, 0.1) is 0 Å². The van der Waals surface area contributed by atoms with Crippen molar-refractivity contribution in [2.45, 2.75) is 45.1 Å². The maximum Gasteiger partial charge on any atom is 0.303 e. The highest BCUT2D eigenvalue weighted by Crippen LogP contribution is 2.26. The number of fused-ring (bicyclic) bond motifs is 1. The largest absolute Gasteiger partial charge is 0.489 e. The van der Waals surface area contributed by atoms with E-state index in [4.69, 9.17) is 9.84 Å². The molecule has 0 radical (unpaired) electrons. The Bertz CT molecular complexity index is 674. The van der Waals surface area contributed by atoms with E-state index in [9.17, 15) is 4.79 Å². The lowest BCUT2D eigenvalue weighted by atomic mass is 10.1. The zero-order chi connectivity index (χ0) is 16.1. The van der Waals surface area contributed by atoms with Crippen LogP contribution in [0.3, 0.4) is 0 Å². The highest BCUT2D eigenvalue weighted by Gasteiger charge is 2.11. The number of hydrogen-bond donors (Lipinski definition) is 1. The molecule has 1 aliphatic carbocycles. The average Bonchev–Trinajstić information content (AvgIpc) is 3.01. The minimum Gasteiger partial charge on any atom is -0.489 e. The van der Waals surface area contributed by atoms with Crippen molar-refractivity contribution >= 4 is 5.97 Å². The molecule has 2 aromatic carbocycles. The number of carbonyl (C=O) groups is 1. The lowest BCUT2D eigenvalue weighted by Gasteiger charge is -2.09. The third kappa shape index (κ3) is 4.35. The summed E-state index contributed by atoms with van der Waals surface area (Å²) < 4.78 is 5.89. The molecule has 2 aromatic rings. The van der Waals surface area contributed by atoms with Crippen molar-refractivity contribution in [3.63, 3.8) is 0 Å². The molecule has 0 unspecified atom stereocenters. The van der Waals surface area contributed by atoms with Gasteiger partial charge in [0.05, 0.1) is 0 Å². The van der Waals surface area contributed by atoms with Crippen LogP contribution in [-0.4, -0.2) is 11.1 Å². The number of rotatable bonds is 7. The molecule has 3 nitrogen and oxygen atoms in total. The zero-order valence-corrected chi connectivity index (χ0v) is 13.3. The van der Waals surface area contributed by atoms with E-state index in [2.05, 4.69) is 42.5 Å². The standard InChI is InChI=1S/C20H22O3/c21-20(22)6-1-3-15-7-9-16(10-8-15)14-23-19-12-11-17-4-2-5-18(17)13-19/h7-13H,1-6,14H2,(H,21,22). The number of ether oxygens (including phenoxy) is 1. The van der Waals surface area contributed by atoms with Gasteiger partial charge < -0.3 is 9.84 Å². The lowest BCUT2D eigenvalue weighted by Crippen LogP contribution is -1.98. The molecule has 0 heterocycles.